The SMILES string of the molecule is O=C1CCCC2=C1C(c1cccs1)n1ncc(C(=O)Nc3ccccc3)c1N2. The summed E-state index contributed by atoms with van der Waals surface area (Å²) in [5, 5.41) is 12.7. The summed E-state index contributed by atoms with van der Waals surface area (Å²) in [7, 11) is 0. The van der Waals surface area contributed by atoms with E-state index in [0.29, 0.717) is 17.8 Å². The van der Waals surface area contributed by atoms with Crippen LogP contribution in [0.15, 0.2) is 65.3 Å². The average molecular weight is 390 g/mol. The highest BCUT2D eigenvalue weighted by Gasteiger charge is 2.37. The minimum atomic E-state index is -0.280. The second-order valence-electron chi connectivity index (χ2n) is 6.88. The molecule has 1 aromatic carbocycles. The van der Waals surface area contributed by atoms with Crippen LogP contribution < -0.4 is 10.6 Å². The first kappa shape index (κ1) is 16.9. The van der Waals surface area contributed by atoms with Crippen LogP contribution >= 0.6 is 11.3 Å². The first-order valence-electron chi connectivity index (χ1n) is 9.23. The molecule has 0 spiro atoms. The predicted molar refractivity (Wildman–Crippen MR) is 109 cm³/mol. The van der Waals surface area contributed by atoms with E-state index < -0.39 is 0 Å². The summed E-state index contributed by atoms with van der Waals surface area (Å²) in [5.41, 5.74) is 2.89. The fourth-order valence-electron chi connectivity index (χ4n) is 3.85. The number of para-hydroxylation sites is 1. The van der Waals surface area contributed by atoms with E-state index in [9.17, 15) is 9.59 Å². The van der Waals surface area contributed by atoms with E-state index in [1.165, 1.54) is 0 Å². The van der Waals surface area contributed by atoms with Gasteiger partial charge in [0.05, 0.1) is 6.20 Å². The van der Waals surface area contributed by atoms with Gasteiger partial charge >= 0.3 is 0 Å². The van der Waals surface area contributed by atoms with Crippen molar-refractivity contribution < 1.29 is 9.59 Å². The van der Waals surface area contributed by atoms with Gasteiger partial charge in [0, 0.05) is 28.3 Å². The van der Waals surface area contributed by atoms with E-state index >= 15 is 0 Å². The Kier molecular flexibility index (Phi) is 4.09. The van der Waals surface area contributed by atoms with Gasteiger partial charge in [-0.1, -0.05) is 24.3 Å². The lowest BCUT2D eigenvalue weighted by Gasteiger charge is -2.32. The van der Waals surface area contributed by atoms with Crippen molar-refractivity contribution in [2.45, 2.75) is 25.3 Å². The number of ketones is 1. The number of amides is 1. The Morgan fingerprint density at radius 1 is 1.18 bits per heavy atom. The molecule has 1 amide bonds. The molecule has 140 valence electrons. The predicted octanol–water partition coefficient (Wildman–Crippen LogP) is 4.22. The molecule has 7 heteroatoms. The normalized spacial score (nSPS) is 18.3. The quantitative estimate of drug-likeness (QED) is 0.702. The van der Waals surface area contributed by atoms with Crippen molar-refractivity contribution in [1.82, 2.24) is 9.78 Å². The zero-order chi connectivity index (χ0) is 19.1. The Balaban J connectivity index is 1.57. The van der Waals surface area contributed by atoms with E-state index in [1.807, 2.05) is 47.8 Å². The highest BCUT2D eigenvalue weighted by atomic mass is 32.1. The lowest BCUT2D eigenvalue weighted by Crippen LogP contribution is -2.31. The zero-order valence-electron chi connectivity index (χ0n) is 15.0. The van der Waals surface area contributed by atoms with Gasteiger partial charge in [-0.25, -0.2) is 4.68 Å². The summed E-state index contributed by atoms with van der Waals surface area (Å²) in [5.74, 6) is 0.569. The molecular formula is C21H18N4O2S. The lowest BCUT2D eigenvalue weighted by atomic mass is 9.88. The molecule has 1 aliphatic carbocycles. The molecule has 0 radical (unpaired) electrons. The van der Waals surface area contributed by atoms with Gasteiger partial charge in [0.25, 0.3) is 5.91 Å². The van der Waals surface area contributed by atoms with Crippen LogP contribution in [0.2, 0.25) is 0 Å². The Hall–Kier alpha value is -3.19. The van der Waals surface area contributed by atoms with E-state index in [-0.39, 0.29) is 17.7 Å². The van der Waals surface area contributed by atoms with Crippen molar-refractivity contribution in [3.8, 4) is 0 Å². The van der Waals surface area contributed by atoms with Crippen molar-refractivity contribution >= 4 is 34.5 Å². The molecule has 0 saturated carbocycles. The van der Waals surface area contributed by atoms with E-state index in [4.69, 9.17) is 0 Å². The summed E-state index contributed by atoms with van der Waals surface area (Å²) >= 11 is 1.60. The number of anilines is 2. The van der Waals surface area contributed by atoms with Crippen molar-refractivity contribution in [3.63, 3.8) is 0 Å². The molecule has 2 N–H and O–H groups in total. The van der Waals surface area contributed by atoms with Gasteiger partial charge in [0.2, 0.25) is 0 Å². The number of hydrogen-bond acceptors (Lipinski definition) is 5. The van der Waals surface area contributed by atoms with Gasteiger partial charge in [-0.05, 0) is 36.4 Å². The van der Waals surface area contributed by atoms with Crippen molar-refractivity contribution in [1.29, 1.82) is 0 Å². The van der Waals surface area contributed by atoms with E-state index in [1.54, 1.807) is 22.2 Å². The number of benzene rings is 1. The summed E-state index contributed by atoms with van der Waals surface area (Å²) in [6.45, 7) is 0. The third kappa shape index (κ3) is 2.75. The maximum absolute atomic E-state index is 12.9. The van der Waals surface area contributed by atoms with Crippen LogP contribution in [0.25, 0.3) is 0 Å². The molecular weight excluding hydrogens is 372 g/mol. The topological polar surface area (TPSA) is 76.0 Å². The largest absolute Gasteiger partial charge is 0.343 e. The van der Waals surface area contributed by atoms with Crippen LogP contribution in [0, 0.1) is 0 Å². The number of rotatable bonds is 3. The molecule has 3 heterocycles. The summed E-state index contributed by atoms with van der Waals surface area (Å²) in [4.78, 5) is 26.6. The number of aromatic nitrogens is 2. The maximum atomic E-state index is 12.9. The van der Waals surface area contributed by atoms with Gasteiger partial charge in [0.15, 0.2) is 5.78 Å². The number of nitrogens with zero attached hydrogens (tertiary/aromatic N) is 2. The van der Waals surface area contributed by atoms with Crippen LogP contribution in [0.3, 0.4) is 0 Å². The minimum Gasteiger partial charge on any atom is -0.343 e. The summed E-state index contributed by atoms with van der Waals surface area (Å²) in [6.07, 6.45) is 3.75. The smallest absolute Gasteiger partial charge is 0.261 e. The van der Waals surface area contributed by atoms with E-state index in [0.717, 1.165) is 34.7 Å². The van der Waals surface area contributed by atoms with Gasteiger partial charge in [0.1, 0.15) is 17.4 Å². The zero-order valence-corrected chi connectivity index (χ0v) is 15.8. The number of carbonyl (C=O) groups is 2. The van der Waals surface area contributed by atoms with Crippen molar-refractivity contribution in [3.05, 3.63) is 75.8 Å². The third-order valence-electron chi connectivity index (χ3n) is 5.13. The first-order valence-corrected chi connectivity index (χ1v) is 10.1. The fourth-order valence-corrected chi connectivity index (χ4v) is 4.67. The molecule has 5 rings (SSSR count). The number of hydrogen-bond donors (Lipinski definition) is 2. The number of thiophene rings is 1. The van der Waals surface area contributed by atoms with Crippen LogP contribution in [-0.2, 0) is 4.79 Å². The average Bonchev–Trinajstić information content (AvgIpc) is 3.37. The molecule has 2 aliphatic rings. The lowest BCUT2D eigenvalue weighted by molar-refractivity contribution is -0.116. The van der Waals surface area contributed by atoms with Gasteiger partial charge < -0.3 is 10.6 Å². The summed E-state index contributed by atoms with van der Waals surface area (Å²) < 4.78 is 1.77. The Morgan fingerprint density at radius 2 is 2.04 bits per heavy atom. The van der Waals surface area contributed by atoms with Gasteiger partial charge in [-0.15, -0.1) is 11.3 Å². The van der Waals surface area contributed by atoms with Crippen LogP contribution in [0.1, 0.15) is 40.5 Å². The molecule has 0 saturated heterocycles. The van der Waals surface area contributed by atoms with Crippen LogP contribution in [0.5, 0.6) is 0 Å². The Bertz CT molecular complexity index is 1080. The molecule has 1 aliphatic heterocycles. The number of nitrogens with one attached hydrogen (secondary N) is 2. The number of Topliss-reactive ketones (excluding diaryl/α,β-unsaturated/α-hetero) is 1. The first-order chi connectivity index (χ1) is 13.7. The molecule has 0 fully saturated rings. The van der Waals surface area contributed by atoms with E-state index in [2.05, 4.69) is 15.7 Å². The van der Waals surface area contributed by atoms with Crippen molar-refractivity contribution in [2.75, 3.05) is 10.6 Å². The molecule has 28 heavy (non-hydrogen) atoms. The standard InChI is InChI=1S/C21H18N4O2S/c26-16-9-4-8-15-18(16)19(17-10-5-11-28-17)25-20(24-15)14(12-22-25)21(27)23-13-6-2-1-3-7-13/h1-3,5-7,10-12,19,24H,4,8-9H2,(H,23,27). The third-order valence-corrected chi connectivity index (χ3v) is 6.05. The fraction of sp³-hybridized carbons (Fsp3) is 0.190. The number of carbonyl (C=O) groups excluding carboxylic acids is 2. The Morgan fingerprint density at radius 3 is 2.82 bits per heavy atom. The number of allylic oxidation sites excluding steroid dienone is 2. The summed E-state index contributed by atoms with van der Waals surface area (Å²) in [6, 6.07) is 13.0. The number of fused-ring (bicyclic) bond motifs is 1. The van der Waals surface area contributed by atoms with Crippen molar-refractivity contribution in [2.24, 2.45) is 0 Å². The molecule has 0 bridgehead atoms. The van der Waals surface area contributed by atoms with Gasteiger partial charge in [-0.3, -0.25) is 9.59 Å². The molecule has 3 aromatic rings. The molecule has 2 aromatic heterocycles. The maximum Gasteiger partial charge on any atom is 0.261 e. The van der Waals surface area contributed by atoms with Crippen LogP contribution in [0.4, 0.5) is 11.5 Å². The second-order valence-corrected chi connectivity index (χ2v) is 7.86. The minimum absolute atomic E-state index is 0.156. The molecule has 1 atom stereocenters. The highest BCUT2D eigenvalue weighted by Crippen LogP contribution is 2.42. The van der Waals surface area contributed by atoms with Gasteiger partial charge in [-0.2, -0.15) is 5.10 Å². The molecule has 6 nitrogen and oxygen atoms in total. The molecule has 1 unspecified atom stereocenters. The van der Waals surface area contributed by atoms with Crippen LogP contribution in [-0.4, -0.2) is 21.5 Å². The monoisotopic (exact) mass is 390 g/mol. The highest BCUT2D eigenvalue weighted by molar-refractivity contribution is 7.10. The Labute approximate surface area is 165 Å². The second kappa shape index (κ2) is 6.76.